The lowest BCUT2D eigenvalue weighted by molar-refractivity contribution is -0.151. The first-order valence-corrected chi connectivity index (χ1v) is 20.9. The van der Waals surface area contributed by atoms with Gasteiger partial charge in [0.05, 0.1) is 0 Å². The Morgan fingerprint density at radius 2 is 1.51 bits per heavy atom. The maximum Gasteiger partial charge on any atom is 0.306 e. The molecule has 0 spiro atoms. The third-order valence-corrected chi connectivity index (χ3v) is 13.8. The summed E-state index contributed by atoms with van der Waals surface area (Å²) in [6.45, 7) is 14.7. The van der Waals surface area contributed by atoms with Crippen LogP contribution in [0.25, 0.3) is 0 Å². The van der Waals surface area contributed by atoms with Crippen LogP contribution in [0.15, 0.2) is 36.0 Å². The van der Waals surface area contributed by atoms with E-state index >= 15 is 0 Å². The first kappa shape index (κ1) is 38.5. The first-order valence-electron chi connectivity index (χ1n) is 20.9. The molecule has 0 aromatic rings. The van der Waals surface area contributed by atoms with E-state index in [1.807, 2.05) is 0 Å². The van der Waals surface area contributed by atoms with Gasteiger partial charge in [-0.2, -0.15) is 0 Å². The van der Waals surface area contributed by atoms with E-state index in [9.17, 15) is 4.79 Å². The Kier molecular flexibility index (Phi) is 15.7. The predicted octanol–water partition coefficient (Wildman–Crippen LogP) is 13.8. The minimum Gasteiger partial charge on any atom is -0.462 e. The van der Waals surface area contributed by atoms with Crippen LogP contribution >= 0.6 is 0 Å². The molecule has 1 unspecified atom stereocenters. The zero-order valence-electron chi connectivity index (χ0n) is 32.0. The second-order valence-corrected chi connectivity index (χ2v) is 17.6. The molecule has 0 amide bonds. The van der Waals surface area contributed by atoms with Gasteiger partial charge >= 0.3 is 5.97 Å². The third kappa shape index (κ3) is 10.6. The normalized spacial score (nSPS) is 32.7. The maximum atomic E-state index is 12.8. The van der Waals surface area contributed by atoms with Crippen LogP contribution in [0.2, 0.25) is 0 Å². The topological polar surface area (TPSA) is 26.3 Å². The van der Waals surface area contributed by atoms with Crippen molar-refractivity contribution in [3.8, 4) is 0 Å². The predicted molar refractivity (Wildman–Crippen MR) is 202 cm³/mol. The highest BCUT2D eigenvalue weighted by Crippen LogP contribution is 2.67. The standard InChI is InChI=1S/C45H76O2/c1-7-8-9-10-11-12-13-14-15-16-17-18-19-20-21-25-43(46)47-38-30-32-44(5)37(34-38)26-27-39-41-29-28-40(36(4)24-22-23-35(2)3)45(41,6)33-31-42(39)44/h14-15,22,24,26,35-36,38-42H,7-13,16-21,23,25,27-34H2,1-6H3/t36-,38?,39+,40-,41+,42+,44+,45-/m1/s1. The third-order valence-electron chi connectivity index (χ3n) is 13.8. The van der Waals surface area contributed by atoms with Crippen molar-refractivity contribution in [3.05, 3.63) is 36.0 Å². The van der Waals surface area contributed by atoms with Crippen LogP contribution < -0.4 is 0 Å². The number of rotatable bonds is 20. The molecule has 0 heterocycles. The molecule has 8 atom stereocenters. The quantitative estimate of drug-likeness (QED) is 0.0746. The van der Waals surface area contributed by atoms with Crippen LogP contribution in [0, 0.1) is 46.3 Å². The summed E-state index contributed by atoms with van der Waals surface area (Å²) in [5, 5.41) is 0. The van der Waals surface area contributed by atoms with Crippen LogP contribution in [0.3, 0.4) is 0 Å². The van der Waals surface area contributed by atoms with Gasteiger partial charge in [-0.05, 0) is 130 Å². The molecule has 4 aliphatic rings. The number of ether oxygens (including phenoxy) is 1. The van der Waals surface area contributed by atoms with Crippen molar-refractivity contribution in [1.82, 2.24) is 0 Å². The molecule has 2 heteroatoms. The summed E-state index contributed by atoms with van der Waals surface area (Å²) in [4.78, 5) is 12.8. The van der Waals surface area contributed by atoms with Crippen LogP contribution in [0.1, 0.15) is 189 Å². The van der Waals surface area contributed by atoms with Gasteiger partial charge in [0.15, 0.2) is 0 Å². The number of fused-ring (bicyclic) bond motifs is 5. The zero-order chi connectivity index (χ0) is 33.7. The SMILES string of the molecule is CCCCCCCCC=CCCCCCCCC(=O)OC1CC[C@@]2(C)C(=CC[C@H]3[C@@H]4CC[C@H]([C@H](C)C=CCC(C)C)[C@@]4(C)CC[C@@H]32)C1. The fraction of sp³-hybridized carbons (Fsp3) is 0.844. The van der Waals surface area contributed by atoms with Crippen molar-refractivity contribution in [2.75, 3.05) is 0 Å². The van der Waals surface area contributed by atoms with Crippen molar-refractivity contribution in [2.45, 2.75) is 195 Å². The van der Waals surface area contributed by atoms with Gasteiger partial charge < -0.3 is 4.74 Å². The molecule has 3 fully saturated rings. The molecule has 0 N–H and O–H groups in total. The van der Waals surface area contributed by atoms with E-state index < -0.39 is 0 Å². The van der Waals surface area contributed by atoms with E-state index in [1.54, 1.807) is 5.57 Å². The van der Waals surface area contributed by atoms with Crippen LogP contribution in [-0.4, -0.2) is 12.1 Å². The average molecular weight is 649 g/mol. The van der Waals surface area contributed by atoms with Crippen molar-refractivity contribution < 1.29 is 9.53 Å². The van der Waals surface area contributed by atoms with Gasteiger partial charge in [-0.15, -0.1) is 0 Å². The Balaban J connectivity index is 1.13. The second-order valence-electron chi connectivity index (χ2n) is 17.6. The molecule has 0 saturated heterocycles. The van der Waals surface area contributed by atoms with Gasteiger partial charge in [0, 0.05) is 12.8 Å². The minimum absolute atomic E-state index is 0.0486. The number of esters is 1. The van der Waals surface area contributed by atoms with E-state index in [4.69, 9.17) is 4.74 Å². The van der Waals surface area contributed by atoms with Crippen molar-refractivity contribution in [1.29, 1.82) is 0 Å². The number of allylic oxidation sites excluding steroid dienone is 5. The summed E-state index contributed by atoms with van der Waals surface area (Å²) in [6, 6.07) is 0. The molecule has 0 aliphatic heterocycles. The van der Waals surface area contributed by atoms with E-state index in [-0.39, 0.29) is 12.1 Å². The summed E-state index contributed by atoms with van der Waals surface area (Å²) in [5.41, 5.74) is 2.45. The molecule has 2 nitrogen and oxygen atoms in total. The average Bonchev–Trinajstić information content (AvgIpc) is 3.40. The van der Waals surface area contributed by atoms with Crippen molar-refractivity contribution >= 4 is 5.97 Å². The number of hydrogen-bond donors (Lipinski definition) is 0. The lowest BCUT2D eigenvalue weighted by Gasteiger charge is -2.58. The van der Waals surface area contributed by atoms with Crippen LogP contribution in [0.4, 0.5) is 0 Å². The molecule has 268 valence electrons. The highest BCUT2D eigenvalue weighted by molar-refractivity contribution is 5.69. The fourth-order valence-corrected chi connectivity index (χ4v) is 10.9. The van der Waals surface area contributed by atoms with E-state index in [1.165, 1.54) is 116 Å². The molecule has 0 aromatic heterocycles. The van der Waals surface area contributed by atoms with Crippen molar-refractivity contribution in [2.24, 2.45) is 46.3 Å². The second kappa shape index (κ2) is 19.2. The van der Waals surface area contributed by atoms with Crippen molar-refractivity contribution in [3.63, 3.8) is 0 Å². The summed E-state index contributed by atoms with van der Waals surface area (Å²) in [5.74, 6) is 4.88. The Morgan fingerprint density at radius 3 is 2.21 bits per heavy atom. The van der Waals surface area contributed by atoms with Gasteiger partial charge in [0.1, 0.15) is 6.10 Å². The number of carbonyl (C=O) groups excluding carboxylic acids is 1. The molecule has 0 aromatic carbocycles. The maximum absolute atomic E-state index is 12.8. The molecule has 4 aliphatic carbocycles. The minimum atomic E-state index is 0.0486. The number of carbonyl (C=O) groups is 1. The summed E-state index contributed by atoms with van der Waals surface area (Å²) >= 11 is 0. The molecular formula is C45H76O2. The Morgan fingerprint density at radius 1 is 0.830 bits per heavy atom. The molecule has 3 saturated carbocycles. The monoisotopic (exact) mass is 649 g/mol. The Labute approximate surface area is 292 Å². The first-order chi connectivity index (χ1) is 22.7. The highest BCUT2D eigenvalue weighted by Gasteiger charge is 2.59. The summed E-state index contributed by atoms with van der Waals surface area (Å²) in [6.07, 6.45) is 41.2. The van der Waals surface area contributed by atoms with E-state index in [0.717, 1.165) is 55.3 Å². The number of hydrogen-bond acceptors (Lipinski definition) is 2. The van der Waals surface area contributed by atoms with Gasteiger partial charge in [-0.3, -0.25) is 4.79 Å². The smallest absolute Gasteiger partial charge is 0.306 e. The fourth-order valence-electron chi connectivity index (χ4n) is 10.9. The Hall–Kier alpha value is -1.31. The van der Waals surface area contributed by atoms with Crippen LogP contribution in [-0.2, 0) is 9.53 Å². The lowest BCUT2D eigenvalue weighted by Crippen LogP contribution is -2.51. The van der Waals surface area contributed by atoms with E-state index in [0.29, 0.717) is 23.2 Å². The molecule has 0 radical (unpaired) electrons. The largest absolute Gasteiger partial charge is 0.462 e. The molecule has 4 rings (SSSR count). The lowest BCUT2D eigenvalue weighted by atomic mass is 9.47. The zero-order valence-corrected chi connectivity index (χ0v) is 32.0. The number of unbranched alkanes of at least 4 members (excludes halogenated alkanes) is 11. The van der Waals surface area contributed by atoms with Gasteiger partial charge in [0.25, 0.3) is 0 Å². The Bertz CT molecular complexity index is 1020. The highest BCUT2D eigenvalue weighted by atomic mass is 16.5. The summed E-state index contributed by atoms with van der Waals surface area (Å²) in [7, 11) is 0. The van der Waals surface area contributed by atoms with Crippen LogP contribution in [0.5, 0.6) is 0 Å². The van der Waals surface area contributed by atoms with Gasteiger partial charge in [0.2, 0.25) is 0 Å². The molecule has 47 heavy (non-hydrogen) atoms. The van der Waals surface area contributed by atoms with E-state index in [2.05, 4.69) is 71.9 Å². The molecular weight excluding hydrogens is 572 g/mol. The molecule has 0 bridgehead atoms. The summed E-state index contributed by atoms with van der Waals surface area (Å²) < 4.78 is 6.12. The van der Waals surface area contributed by atoms with Gasteiger partial charge in [-0.25, -0.2) is 0 Å². The van der Waals surface area contributed by atoms with Gasteiger partial charge in [-0.1, -0.05) is 129 Å².